The van der Waals surface area contributed by atoms with Gasteiger partial charge in [-0.2, -0.15) is 0 Å². The van der Waals surface area contributed by atoms with Crippen LogP contribution in [0.25, 0.3) is 0 Å². The first-order chi connectivity index (χ1) is 9.57. The molecule has 0 aromatic heterocycles. The molecule has 2 saturated heterocycles. The van der Waals surface area contributed by atoms with Crippen LogP contribution in [0.1, 0.15) is 32.6 Å². The predicted molar refractivity (Wildman–Crippen MR) is 70.9 cm³/mol. The number of imide groups is 1. The van der Waals surface area contributed by atoms with Gasteiger partial charge in [0.05, 0.1) is 6.54 Å². The molecule has 2 fully saturated rings. The van der Waals surface area contributed by atoms with E-state index in [1.54, 1.807) is 4.90 Å². The molecule has 0 radical (unpaired) electrons. The first-order valence-corrected chi connectivity index (χ1v) is 7.06. The minimum absolute atomic E-state index is 0.0118. The SMILES string of the molecule is CCOCCCC(=O)N1CCCC2(C1)NC(=O)NC2=O. The van der Waals surface area contributed by atoms with Crippen molar-refractivity contribution < 1.29 is 19.1 Å². The first-order valence-electron chi connectivity index (χ1n) is 7.06. The molecule has 7 heteroatoms. The average Bonchev–Trinajstić information content (AvgIpc) is 2.68. The number of rotatable bonds is 5. The van der Waals surface area contributed by atoms with Gasteiger partial charge in [-0.05, 0) is 26.2 Å². The van der Waals surface area contributed by atoms with Gasteiger partial charge in [-0.15, -0.1) is 0 Å². The maximum absolute atomic E-state index is 12.1. The van der Waals surface area contributed by atoms with Crippen molar-refractivity contribution in [2.45, 2.75) is 38.1 Å². The number of nitrogens with one attached hydrogen (secondary N) is 2. The van der Waals surface area contributed by atoms with Crippen molar-refractivity contribution in [3.05, 3.63) is 0 Å². The van der Waals surface area contributed by atoms with E-state index in [-0.39, 0.29) is 18.4 Å². The molecule has 2 aliphatic rings. The Hall–Kier alpha value is -1.63. The minimum Gasteiger partial charge on any atom is -0.382 e. The van der Waals surface area contributed by atoms with Crippen molar-refractivity contribution in [1.82, 2.24) is 15.5 Å². The van der Waals surface area contributed by atoms with Gasteiger partial charge in [0.2, 0.25) is 5.91 Å². The second-order valence-electron chi connectivity index (χ2n) is 5.21. The largest absolute Gasteiger partial charge is 0.382 e. The van der Waals surface area contributed by atoms with Crippen molar-refractivity contribution in [3.8, 4) is 0 Å². The molecule has 0 saturated carbocycles. The average molecular weight is 283 g/mol. The lowest BCUT2D eigenvalue weighted by Crippen LogP contribution is -2.59. The Balaban J connectivity index is 1.88. The lowest BCUT2D eigenvalue weighted by molar-refractivity contribution is -0.136. The van der Waals surface area contributed by atoms with Crippen LogP contribution in [0.2, 0.25) is 0 Å². The number of carbonyl (C=O) groups excluding carboxylic acids is 3. The standard InChI is InChI=1S/C13H21N3O4/c1-2-20-8-3-5-10(17)16-7-4-6-13(9-16)11(18)14-12(19)15-13/h2-9H2,1H3,(H2,14,15,18,19). The molecular weight excluding hydrogens is 262 g/mol. The van der Waals surface area contributed by atoms with E-state index in [1.807, 2.05) is 6.92 Å². The summed E-state index contributed by atoms with van der Waals surface area (Å²) in [6.45, 7) is 4.03. The van der Waals surface area contributed by atoms with Gasteiger partial charge in [-0.25, -0.2) is 4.79 Å². The fraction of sp³-hybridized carbons (Fsp3) is 0.769. The molecule has 2 N–H and O–H groups in total. The van der Waals surface area contributed by atoms with E-state index in [1.165, 1.54) is 0 Å². The highest BCUT2D eigenvalue weighted by molar-refractivity contribution is 6.07. The molecule has 4 amide bonds. The number of nitrogens with zero attached hydrogens (tertiary/aromatic N) is 1. The third-order valence-corrected chi connectivity index (χ3v) is 3.74. The van der Waals surface area contributed by atoms with E-state index in [0.29, 0.717) is 45.4 Å². The summed E-state index contributed by atoms with van der Waals surface area (Å²) in [7, 11) is 0. The predicted octanol–water partition coefficient (Wildman–Crippen LogP) is 0.00370. The van der Waals surface area contributed by atoms with Crippen molar-refractivity contribution >= 4 is 17.8 Å². The summed E-state index contributed by atoms with van der Waals surface area (Å²) < 4.78 is 5.20. The molecule has 0 bridgehead atoms. The lowest BCUT2D eigenvalue weighted by Gasteiger charge is -2.38. The molecule has 0 aromatic carbocycles. The molecule has 7 nitrogen and oxygen atoms in total. The number of piperidine rings is 1. The summed E-state index contributed by atoms with van der Waals surface area (Å²) in [4.78, 5) is 36.9. The zero-order chi connectivity index (χ0) is 14.6. The van der Waals surface area contributed by atoms with E-state index in [4.69, 9.17) is 4.74 Å². The number of hydrogen-bond donors (Lipinski definition) is 2. The maximum atomic E-state index is 12.1. The van der Waals surface area contributed by atoms with Crippen molar-refractivity contribution in [3.63, 3.8) is 0 Å². The van der Waals surface area contributed by atoms with Crippen molar-refractivity contribution in [1.29, 1.82) is 0 Å². The van der Waals surface area contributed by atoms with E-state index in [2.05, 4.69) is 10.6 Å². The Labute approximate surface area is 118 Å². The number of hydrogen-bond acceptors (Lipinski definition) is 4. The molecule has 2 heterocycles. The number of carbonyl (C=O) groups is 3. The number of urea groups is 1. The van der Waals surface area contributed by atoms with E-state index < -0.39 is 11.6 Å². The molecule has 0 aromatic rings. The van der Waals surface area contributed by atoms with Crippen LogP contribution in [0.4, 0.5) is 4.79 Å². The van der Waals surface area contributed by atoms with Crippen LogP contribution in [0.3, 0.4) is 0 Å². The van der Waals surface area contributed by atoms with Crippen LogP contribution < -0.4 is 10.6 Å². The zero-order valence-corrected chi connectivity index (χ0v) is 11.7. The Kier molecular flexibility index (Phi) is 4.59. The maximum Gasteiger partial charge on any atom is 0.322 e. The molecule has 0 aliphatic carbocycles. The van der Waals surface area contributed by atoms with E-state index in [0.717, 1.165) is 0 Å². The van der Waals surface area contributed by atoms with Gasteiger partial charge in [0, 0.05) is 26.2 Å². The lowest BCUT2D eigenvalue weighted by atomic mass is 9.89. The van der Waals surface area contributed by atoms with Gasteiger partial charge in [-0.1, -0.05) is 0 Å². The molecule has 2 aliphatic heterocycles. The molecular formula is C13H21N3O4. The van der Waals surface area contributed by atoms with Crippen LogP contribution in [0.15, 0.2) is 0 Å². The summed E-state index contributed by atoms with van der Waals surface area (Å²) in [5.74, 6) is -0.313. The highest BCUT2D eigenvalue weighted by Gasteiger charge is 2.49. The summed E-state index contributed by atoms with van der Waals surface area (Å²) in [5.41, 5.74) is -0.926. The molecule has 2 rings (SSSR count). The summed E-state index contributed by atoms with van der Waals surface area (Å²) in [6, 6.07) is -0.472. The van der Waals surface area contributed by atoms with Crippen LogP contribution in [-0.4, -0.2) is 54.6 Å². The molecule has 20 heavy (non-hydrogen) atoms. The smallest absolute Gasteiger partial charge is 0.322 e. The second kappa shape index (κ2) is 6.21. The van der Waals surface area contributed by atoms with Gasteiger partial charge in [0.15, 0.2) is 0 Å². The Morgan fingerprint density at radius 3 is 2.90 bits per heavy atom. The molecule has 112 valence electrons. The van der Waals surface area contributed by atoms with Gasteiger partial charge < -0.3 is 15.0 Å². The second-order valence-corrected chi connectivity index (χ2v) is 5.21. The topological polar surface area (TPSA) is 87.7 Å². The monoisotopic (exact) mass is 283 g/mol. The van der Waals surface area contributed by atoms with Crippen molar-refractivity contribution in [2.24, 2.45) is 0 Å². The van der Waals surface area contributed by atoms with Crippen LogP contribution in [0, 0.1) is 0 Å². The van der Waals surface area contributed by atoms with E-state index >= 15 is 0 Å². The van der Waals surface area contributed by atoms with Gasteiger partial charge in [-0.3, -0.25) is 14.9 Å². The molecule has 1 unspecified atom stereocenters. The Bertz CT molecular complexity index is 412. The normalized spacial score (nSPS) is 25.8. The third-order valence-electron chi connectivity index (χ3n) is 3.74. The quantitative estimate of drug-likeness (QED) is 0.549. The van der Waals surface area contributed by atoms with E-state index in [9.17, 15) is 14.4 Å². The molecule has 1 spiro atoms. The zero-order valence-electron chi connectivity index (χ0n) is 11.7. The number of amides is 4. The first kappa shape index (κ1) is 14.8. The van der Waals surface area contributed by atoms with Crippen LogP contribution >= 0.6 is 0 Å². The number of likely N-dealkylation sites (tertiary alicyclic amines) is 1. The fourth-order valence-electron chi connectivity index (χ4n) is 2.71. The summed E-state index contributed by atoms with van der Waals surface area (Å²) in [6.07, 6.45) is 2.37. The van der Waals surface area contributed by atoms with Crippen LogP contribution in [0.5, 0.6) is 0 Å². The third kappa shape index (κ3) is 3.09. The summed E-state index contributed by atoms with van der Waals surface area (Å²) >= 11 is 0. The molecule has 1 atom stereocenters. The summed E-state index contributed by atoms with van der Waals surface area (Å²) in [5, 5.41) is 4.91. The Morgan fingerprint density at radius 1 is 1.45 bits per heavy atom. The van der Waals surface area contributed by atoms with Crippen LogP contribution in [-0.2, 0) is 14.3 Å². The van der Waals surface area contributed by atoms with Crippen molar-refractivity contribution in [2.75, 3.05) is 26.3 Å². The Morgan fingerprint density at radius 2 is 2.25 bits per heavy atom. The highest BCUT2D eigenvalue weighted by atomic mass is 16.5. The fourth-order valence-corrected chi connectivity index (χ4v) is 2.71. The van der Waals surface area contributed by atoms with Gasteiger partial charge >= 0.3 is 6.03 Å². The van der Waals surface area contributed by atoms with Gasteiger partial charge in [0.1, 0.15) is 5.54 Å². The minimum atomic E-state index is -0.926. The number of ether oxygens (including phenoxy) is 1. The highest BCUT2D eigenvalue weighted by Crippen LogP contribution is 2.24. The van der Waals surface area contributed by atoms with Gasteiger partial charge in [0.25, 0.3) is 5.91 Å².